The summed E-state index contributed by atoms with van der Waals surface area (Å²) in [6.45, 7) is 4.76. The smallest absolute Gasteiger partial charge is 0.243 e. The predicted octanol–water partition coefficient (Wildman–Crippen LogP) is 6.78. The summed E-state index contributed by atoms with van der Waals surface area (Å²) in [4.78, 5) is 28.7. The van der Waals surface area contributed by atoms with Gasteiger partial charge in [-0.2, -0.15) is 0 Å². The highest BCUT2D eigenvalue weighted by molar-refractivity contribution is 7.99. The van der Waals surface area contributed by atoms with Gasteiger partial charge in [-0.05, 0) is 41.3 Å². The Morgan fingerprint density at radius 3 is 2.35 bits per heavy atom. The van der Waals surface area contributed by atoms with E-state index in [4.69, 9.17) is 23.2 Å². The fourth-order valence-corrected chi connectivity index (χ4v) is 5.26. The molecule has 1 atom stereocenters. The molecule has 3 aromatic rings. The molecule has 0 fully saturated rings. The van der Waals surface area contributed by atoms with Crippen molar-refractivity contribution < 1.29 is 14.0 Å². The number of hydrogen-bond acceptors (Lipinski definition) is 3. The number of carbonyl (C=O) groups excluding carboxylic acids is 2. The van der Waals surface area contributed by atoms with Gasteiger partial charge in [-0.15, -0.1) is 11.8 Å². The van der Waals surface area contributed by atoms with Crippen molar-refractivity contribution in [1.82, 2.24) is 10.2 Å². The molecular weight excluding hydrogens is 530 g/mol. The minimum Gasteiger partial charge on any atom is -0.354 e. The monoisotopic (exact) mass is 560 g/mol. The van der Waals surface area contributed by atoms with E-state index in [0.29, 0.717) is 28.6 Å². The van der Waals surface area contributed by atoms with E-state index in [0.717, 1.165) is 11.1 Å². The Morgan fingerprint density at radius 2 is 1.68 bits per heavy atom. The molecule has 1 N–H and O–H groups in total. The Morgan fingerprint density at radius 1 is 0.973 bits per heavy atom. The van der Waals surface area contributed by atoms with Gasteiger partial charge in [0, 0.05) is 40.9 Å². The van der Waals surface area contributed by atoms with Gasteiger partial charge < -0.3 is 10.2 Å². The van der Waals surface area contributed by atoms with Crippen LogP contribution in [0.1, 0.15) is 30.5 Å². The maximum absolute atomic E-state index is 14.2. The van der Waals surface area contributed by atoms with Crippen molar-refractivity contribution >= 4 is 46.8 Å². The molecule has 0 bridgehead atoms. The molecule has 0 aliphatic rings. The van der Waals surface area contributed by atoms with Gasteiger partial charge in [0.25, 0.3) is 0 Å². The number of thioether (sulfide) groups is 1. The van der Waals surface area contributed by atoms with E-state index in [-0.39, 0.29) is 35.8 Å². The van der Waals surface area contributed by atoms with Gasteiger partial charge in [-0.3, -0.25) is 9.59 Å². The maximum Gasteiger partial charge on any atom is 0.243 e. The van der Waals surface area contributed by atoms with Crippen LogP contribution in [0.5, 0.6) is 0 Å². The molecule has 0 spiro atoms. The van der Waals surface area contributed by atoms with Gasteiger partial charge in [0.15, 0.2) is 0 Å². The number of carbonyl (C=O) groups is 2. The molecule has 196 valence electrons. The first kappa shape index (κ1) is 29.0. The first-order valence-electron chi connectivity index (χ1n) is 12.1. The third-order valence-electron chi connectivity index (χ3n) is 5.73. The molecule has 3 aromatic carbocycles. The lowest BCUT2D eigenvalue weighted by Crippen LogP contribution is -2.51. The average molecular weight is 562 g/mol. The summed E-state index contributed by atoms with van der Waals surface area (Å²) in [5.41, 5.74) is 2.12. The summed E-state index contributed by atoms with van der Waals surface area (Å²) in [7, 11) is 0. The fraction of sp³-hybridized carbons (Fsp3) is 0.310. The van der Waals surface area contributed by atoms with E-state index in [1.54, 1.807) is 29.2 Å². The van der Waals surface area contributed by atoms with Crippen molar-refractivity contribution in [2.45, 2.75) is 38.6 Å². The number of nitrogens with zero attached hydrogens (tertiary/aromatic N) is 1. The van der Waals surface area contributed by atoms with Gasteiger partial charge >= 0.3 is 0 Å². The van der Waals surface area contributed by atoms with Gasteiger partial charge in [0.05, 0.1) is 5.75 Å². The predicted molar refractivity (Wildman–Crippen MR) is 151 cm³/mol. The Hall–Kier alpha value is -2.54. The molecule has 0 radical (unpaired) electrons. The fourth-order valence-electron chi connectivity index (χ4n) is 3.80. The Labute approximate surface area is 232 Å². The second-order valence-corrected chi connectivity index (χ2v) is 11.0. The Bertz CT molecular complexity index is 1170. The first-order chi connectivity index (χ1) is 17.7. The standard InChI is InChI=1S/C29H31Cl2FN2O2S/c1-20(2)16-33-29(36)27(15-21-8-4-3-5-9-21)34(17-22-10-6-11-23(30)14-22)28(35)19-37-18-24-25(31)12-7-13-26(24)32/h3-14,20,27H,15-19H2,1-2H3,(H,33,36)/t27-/m0/s1. The molecule has 0 saturated heterocycles. The highest BCUT2D eigenvalue weighted by Gasteiger charge is 2.30. The van der Waals surface area contributed by atoms with Crippen LogP contribution in [0, 0.1) is 11.7 Å². The van der Waals surface area contributed by atoms with Gasteiger partial charge in [0.1, 0.15) is 11.9 Å². The number of hydrogen-bond donors (Lipinski definition) is 1. The van der Waals surface area contributed by atoms with Crippen molar-refractivity contribution in [1.29, 1.82) is 0 Å². The van der Waals surface area contributed by atoms with Gasteiger partial charge in [-0.25, -0.2) is 4.39 Å². The van der Waals surface area contributed by atoms with Crippen LogP contribution >= 0.6 is 35.0 Å². The van der Waals surface area contributed by atoms with E-state index in [2.05, 4.69) is 5.32 Å². The molecule has 4 nitrogen and oxygen atoms in total. The summed E-state index contributed by atoms with van der Waals surface area (Å²) < 4.78 is 14.2. The van der Waals surface area contributed by atoms with Crippen LogP contribution in [-0.4, -0.2) is 35.1 Å². The molecule has 0 saturated carbocycles. The van der Waals surface area contributed by atoms with E-state index in [9.17, 15) is 14.0 Å². The quantitative estimate of drug-likeness (QED) is 0.265. The zero-order valence-electron chi connectivity index (χ0n) is 20.9. The number of halogens is 3. The van der Waals surface area contributed by atoms with Crippen molar-refractivity contribution in [3.63, 3.8) is 0 Å². The van der Waals surface area contributed by atoms with Crippen molar-refractivity contribution in [2.75, 3.05) is 12.3 Å². The lowest BCUT2D eigenvalue weighted by Gasteiger charge is -2.32. The second kappa shape index (κ2) is 14.4. The lowest BCUT2D eigenvalue weighted by atomic mass is 10.0. The molecular formula is C29H31Cl2FN2O2S. The first-order valence-corrected chi connectivity index (χ1v) is 14.0. The van der Waals surface area contributed by atoms with Gasteiger partial charge in [-0.1, -0.05) is 85.6 Å². The summed E-state index contributed by atoms with van der Waals surface area (Å²) in [6.07, 6.45) is 0.362. The molecule has 0 unspecified atom stereocenters. The minimum atomic E-state index is -0.731. The number of nitrogens with one attached hydrogen (secondary N) is 1. The third kappa shape index (κ3) is 9.06. The molecule has 2 amide bonds. The van der Waals surface area contributed by atoms with Crippen LogP contribution < -0.4 is 5.32 Å². The zero-order chi connectivity index (χ0) is 26.8. The largest absolute Gasteiger partial charge is 0.354 e. The number of benzene rings is 3. The number of rotatable bonds is 12. The van der Waals surface area contributed by atoms with Crippen LogP contribution in [0.2, 0.25) is 10.0 Å². The molecule has 37 heavy (non-hydrogen) atoms. The topological polar surface area (TPSA) is 49.4 Å². The SMILES string of the molecule is CC(C)CNC(=O)[C@H](Cc1ccccc1)N(Cc1cccc(Cl)c1)C(=O)CSCc1c(F)cccc1Cl. The maximum atomic E-state index is 14.2. The van der Waals surface area contributed by atoms with Gasteiger partial charge in [0.2, 0.25) is 11.8 Å². The zero-order valence-corrected chi connectivity index (χ0v) is 23.3. The van der Waals surface area contributed by atoms with Crippen molar-refractivity contribution in [3.05, 3.63) is 105 Å². The number of amides is 2. The summed E-state index contributed by atoms with van der Waals surface area (Å²) in [5.74, 6) is -0.273. The van der Waals surface area contributed by atoms with Crippen LogP contribution in [0.15, 0.2) is 72.8 Å². The normalized spacial score (nSPS) is 11.8. The van der Waals surface area contributed by atoms with Crippen molar-refractivity contribution in [2.24, 2.45) is 5.92 Å². The molecule has 0 aromatic heterocycles. The average Bonchev–Trinajstić information content (AvgIpc) is 2.87. The summed E-state index contributed by atoms with van der Waals surface area (Å²) in [5, 5.41) is 3.88. The van der Waals surface area contributed by atoms with E-state index in [1.807, 2.05) is 56.3 Å². The third-order valence-corrected chi connectivity index (χ3v) is 7.26. The molecule has 8 heteroatoms. The molecule has 3 rings (SSSR count). The van der Waals surface area contributed by atoms with Crippen LogP contribution in [0.3, 0.4) is 0 Å². The van der Waals surface area contributed by atoms with Crippen molar-refractivity contribution in [3.8, 4) is 0 Å². The highest BCUT2D eigenvalue weighted by Crippen LogP contribution is 2.25. The Balaban J connectivity index is 1.86. The Kier molecular flexibility index (Phi) is 11.3. The van der Waals surface area contributed by atoms with Crippen LogP contribution in [0.4, 0.5) is 4.39 Å². The van der Waals surface area contributed by atoms with Crippen LogP contribution in [0.25, 0.3) is 0 Å². The van der Waals surface area contributed by atoms with E-state index in [1.165, 1.54) is 17.8 Å². The van der Waals surface area contributed by atoms with E-state index < -0.39 is 11.9 Å². The highest BCUT2D eigenvalue weighted by atomic mass is 35.5. The molecule has 0 aliphatic carbocycles. The van der Waals surface area contributed by atoms with E-state index >= 15 is 0 Å². The minimum absolute atomic E-state index is 0.0635. The molecule has 0 aliphatic heterocycles. The van der Waals surface area contributed by atoms with Crippen LogP contribution in [-0.2, 0) is 28.3 Å². The summed E-state index contributed by atoms with van der Waals surface area (Å²) in [6, 6.07) is 20.7. The molecule has 0 heterocycles. The lowest BCUT2D eigenvalue weighted by molar-refractivity contribution is -0.139. The summed E-state index contributed by atoms with van der Waals surface area (Å²) >= 11 is 13.6. The second-order valence-electron chi connectivity index (χ2n) is 9.19.